The predicted molar refractivity (Wildman–Crippen MR) is 69.8 cm³/mol. The van der Waals surface area contributed by atoms with Crippen LogP contribution < -0.4 is 4.90 Å². The fourth-order valence-electron chi connectivity index (χ4n) is 2.33. The van der Waals surface area contributed by atoms with Crippen molar-refractivity contribution in [2.24, 2.45) is 5.92 Å². The van der Waals surface area contributed by atoms with Crippen LogP contribution in [0.4, 0.5) is 5.69 Å². The van der Waals surface area contributed by atoms with Crippen LogP contribution in [0.1, 0.15) is 11.2 Å². The van der Waals surface area contributed by atoms with Gasteiger partial charge in [0.15, 0.2) is 0 Å². The van der Waals surface area contributed by atoms with E-state index in [4.69, 9.17) is 0 Å². The molecule has 0 bridgehead atoms. The van der Waals surface area contributed by atoms with Crippen LogP contribution in [-0.2, 0) is 4.79 Å². The largest absolute Gasteiger partial charge is 0.312 e. The average molecular weight is 255 g/mol. The standard InChI is InChI=1S/C14H13N3O2/c18-13-8-11(14(19)16-7-6-15-10-16)9-17(13)12-4-2-1-3-5-12/h1-7,10-11H,8-9H2. The second kappa shape index (κ2) is 4.68. The van der Waals surface area contributed by atoms with Crippen molar-refractivity contribution in [3.05, 3.63) is 49.1 Å². The Morgan fingerprint density at radius 3 is 2.74 bits per heavy atom. The van der Waals surface area contributed by atoms with Gasteiger partial charge in [0.2, 0.25) is 11.8 Å². The maximum atomic E-state index is 12.2. The van der Waals surface area contributed by atoms with Crippen LogP contribution in [0.2, 0.25) is 0 Å². The summed E-state index contributed by atoms with van der Waals surface area (Å²) in [4.78, 5) is 29.7. The molecule has 5 heteroatoms. The third-order valence-corrected chi connectivity index (χ3v) is 3.30. The number of aromatic nitrogens is 2. The summed E-state index contributed by atoms with van der Waals surface area (Å²) in [5.41, 5.74) is 0.841. The topological polar surface area (TPSA) is 55.2 Å². The number of imidazole rings is 1. The molecule has 1 unspecified atom stereocenters. The Balaban J connectivity index is 1.79. The molecule has 1 saturated heterocycles. The lowest BCUT2D eigenvalue weighted by Crippen LogP contribution is -2.27. The molecular formula is C14H13N3O2. The molecule has 3 rings (SSSR count). The maximum Gasteiger partial charge on any atom is 0.237 e. The summed E-state index contributed by atoms with van der Waals surface area (Å²) in [5, 5.41) is 0. The van der Waals surface area contributed by atoms with Crippen LogP contribution in [0.25, 0.3) is 0 Å². The van der Waals surface area contributed by atoms with E-state index in [1.807, 2.05) is 30.3 Å². The number of hydrogen-bond acceptors (Lipinski definition) is 3. The van der Waals surface area contributed by atoms with E-state index in [9.17, 15) is 9.59 Å². The Morgan fingerprint density at radius 2 is 2.05 bits per heavy atom. The second-order valence-electron chi connectivity index (χ2n) is 4.55. The Labute approximate surface area is 110 Å². The third-order valence-electron chi connectivity index (χ3n) is 3.30. The molecule has 1 aromatic carbocycles. The highest BCUT2D eigenvalue weighted by Crippen LogP contribution is 2.25. The molecule has 1 aliphatic heterocycles. The summed E-state index contributed by atoms with van der Waals surface area (Å²) in [5.74, 6) is -0.393. The van der Waals surface area contributed by atoms with Gasteiger partial charge in [0.1, 0.15) is 6.33 Å². The lowest BCUT2D eigenvalue weighted by Gasteiger charge is -2.16. The number of hydrogen-bond donors (Lipinski definition) is 0. The molecule has 19 heavy (non-hydrogen) atoms. The lowest BCUT2D eigenvalue weighted by molar-refractivity contribution is -0.117. The zero-order valence-electron chi connectivity index (χ0n) is 10.3. The van der Waals surface area contributed by atoms with E-state index in [0.717, 1.165) is 5.69 Å². The van der Waals surface area contributed by atoms with E-state index in [2.05, 4.69) is 4.98 Å². The quantitative estimate of drug-likeness (QED) is 0.818. The second-order valence-corrected chi connectivity index (χ2v) is 4.55. The first-order chi connectivity index (χ1) is 9.25. The number of rotatable bonds is 2. The number of benzene rings is 1. The van der Waals surface area contributed by atoms with Crippen molar-refractivity contribution in [3.63, 3.8) is 0 Å². The van der Waals surface area contributed by atoms with Gasteiger partial charge >= 0.3 is 0 Å². The minimum atomic E-state index is -0.304. The highest BCUT2D eigenvalue weighted by Gasteiger charge is 2.35. The molecule has 0 aliphatic carbocycles. The summed E-state index contributed by atoms with van der Waals surface area (Å²) in [6.45, 7) is 0.430. The van der Waals surface area contributed by atoms with Gasteiger partial charge in [-0.2, -0.15) is 0 Å². The zero-order valence-corrected chi connectivity index (χ0v) is 10.3. The zero-order chi connectivity index (χ0) is 13.2. The first-order valence-corrected chi connectivity index (χ1v) is 6.13. The number of carbonyl (C=O) groups excluding carboxylic acids is 2. The van der Waals surface area contributed by atoms with E-state index in [1.54, 1.807) is 17.3 Å². The normalized spacial score (nSPS) is 18.8. The fourth-order valence-corrected chi connectivity index (χ4v) is 2.33. The molecule has 1 fully saturated rings. The summed E-state index contributed by atoms with van der Waals surface area (Å²) < 4.78 is 1.44. The first-order valence-electron chi connectivity index (χ1n) is 6.13. The molecule has 0 N–H and O–H groups in total. The summed E-state index contributed by atoms with van der Waals surface area (Å²) in [6.07, 6.45) is 4.89. The fraction of sp³-hybridized carbons (Fsp3) is 0.214. The Morgan fingerprint density at radius 1 is 1.26 bits per heavy atom. The van der Waals surface area contributed by atoms with Crippen molar-refractivity contribution in [1.29, 1.82) is 0 Å². The molecule has 1 atom stereocenters. The van der Waals surface area contributed by atoms with Crippen molar-refractivity contribution in [2.45, 2.75) is 6.42 Å². The van der Waals surface area contributed by atoms with E-state index in [1.165, 1.54) is 10.9 Å². The maximum absolute atomic E-state index is 12.2. The number of nitrogens with zero attached hydrogens (tertiary/aromatic N) is 3. The van der Waals surface area contributed by atoms with Gasteiger partial charge in [-0.3, -0.25) is 14.2 Å². The molecule has 1 aromatic heterocycles. The molecule has 1 aliphatic rings. The van der Waals surface area contributed by atoms with Crippen molar-refractivity contribution >= 4 is 17.5 Å². The van der Waals surface area contributed by atoms with Crippen molar-refractivity contribution in [3.8, 4) is 0 Å². The number of para-hydroxylation sites is 1. The van der Waals surface area contributed by atoms with E-state index in [0.29, 0.717) is 6.54 Å². The van der Waals surface area contributed by atoms with Crippen molar-refractivity contribution in [1.82, 2.24) is 9.55 Å². The average Bonchev–Trinajstić information content (AvgIpc) is 3.08. The Bertz CT molecular complexity index is 592. The van der Waals surface area contributed by atoms with Gasteiger partial charge in [0.05, 0.1) is 5.92 Å². The lowest BCUT2D eigenvalue weighted by atomic mass is 10.1. The smallest absolute Gasteiger partial charge is 0.237 e. The van der Waals surface area contributed by atoms with Crippen molar-refractivity contribution in [2.75, 3.05) is 11.4 Å². The van der Waals surface area contributed by atoms with E-state index >= 15 is 0 Å². The number of amides is 1. The highest BCUT2D eigenvalue weighted by molar-refractivity contribution is 6.00. The first kappa shape index (κ1) is 11.6. The van der Waals surface area contributed by atoms with Crippen LogP contribution >= 0.6 is 0 Å². The molecule has 0 radical (unpaired) electrons. The van der Waals surface area contributed by atoms with E-state index < -0.39 is 0 Å². The molecule has 0 saturated carbocycles. The third kappa shape index (κ3) is 2.14. The van der Waals surface area contributed by atoms with E-state index in [-0.39, 0.29) is 24.2 Å². The predicted octanol–water partition coefficient (Wildman–Crippen LogP) is 1.58. The van der Waals surface area contributed by atoms with Gasteiger partial charge in [-0.15, -0.1) is 0 Å². The Hall–Kier alpha value is -2.43. The molecular weight excluding hydrogens is 242 g/mol. The monoisotopic (exact) mass is 255 g/mol. The summed E-state index contributed by atoms with van der Waals surface area (Å²) in [7, 11) is 0. The highest BCUT2D eigenvalue weighted by atomic mass is 16.2. The minimum absolute atomic E-state index is 0.00957. The molecule has 0 spiro atoms. The number of anilines is 1. The minimum Gasteiger partial charge on any atom is -0.312 e. The van der Waals surface area contributed by atoms with Crippen LogP contribution in [0.3, 0.4) is 0 Å². The van der Waals surface area contributed by atoms with Gasteiger partial charge in [-0.1, -0.05) is 18.2 Å². The SMILES string of the molecule is O=C1CC(C(=O)n2ccnc2)CN1c1ccccc1. The molecule has 1 amide bonds. The van der Waals surface area contributed by atoms with Gasteiger partial charge in [-0.05, 0) is 12.1 Å². The number of carbonyl (C=O) groups is 2. The van der Waals surface area contributed by atoms with Gasteiger partial charge < -0.3 is 4.90 Å². The van der Waals surface area contributed by atoms with Crippen LogP contribution in [-0.4, -0.2) is 27.9 Å². The van der Waals surface area contributed by atoms with Crippen LogP contribution in [0, 0.1) is 5.92 Å². The summed E-state index contributed by atoms with van der Waals surface area (Å²) in [6, 6.07) is 9.42. The molecule has 2 aromatic rings. The molecule has 2 heterocycles. The van der Waals surface area contributed by atoms with Gasteiger partial charge in [-0.25, -0.2) is 4.98 Å². The summed E-state index contributed by atoms with van der Waals surface area (Å²) >= 11 is 0. The van der Waals surface area contributed by atoms with Crippen LogP contribution in [0.15, 0.2) is 49.1 Å². The van der Waals surface area contributed by atoms with Gasteiger partial charge in [0, 0.05) is 31.0 Å². The molecule has 96 valence electrons. The Kier molecular flexibility index (Phi) is 2.87. The molecule has 5 nitrogen and oxygen atoms in total. The van der Waals surface area contributed by atoms with Crippen LogP contribution in [0.5, 0.6) is 0 Å². The van der Waals surface area contributed by atoms with Gasteiger partial charge in [0.25, 0.3) is 0 Å². The van der Waals surface area contributed by atoms with Crippen molar-refractivity contribution < 1.29 is 9.59 Å².